The number of halogens is 1. The average molecular weight is 293 g/mol. The second-order valence-electron chi connectivity index (χ2n) is 6.25. The molecule has 0 spiro atoms. The van der Waals surface area contributed by atoms with Crippen molar-refractivity contribution < 1.29 is 19.1 Å². The van der Waals surface area contributed by atoms with Crippen molar-refractivity contribution >= 4 is 12.3 Å². The number of nitrogens with zero attached hydrogens (tertiary/aromatic N) is 1. The highest BCUT2D eigenvalue weighted by atomic mass is 19.1. The highest BCUT2D eigenvalue weighted by Gasteiger charge is 2.41. The molecule has 0 aliphatic carbocycles. The van der Waals surface area contributed by atoms with Gasteiger partial charge in [0.15, 0.2) is 0 Å². The molecule has 1 N–H and O–H groups in total. The van der Waals surface area contributed by atoms with Crippen molar-refractivity contribution in [3.05, 3.63) is 35.6 Å². The second-order valence-corrected chi connectivity index (χ2v) is 6.25. The van der Waals surface area contributed by atoms with Gasteiger partial charge in [0.25, 0.3) is 0 Å². The highest BCUT2D eigenvalue weighted by molar-refractivity contribution is 5.68. The first kappa shape index (κ1) is 15.6. The smallest absolute Gasteiger partial charge is 0.305 e. The Labute approximate surface area is 123 Å². The van der Waals surface area contributed by atoms with Crippen LogP contribution in [0.25, 0.3) is 0 Å². The van der Waals surface area contributed by atoms with E-state index in [4.69, 9.17) is 5.11 Å². The molecule has 1 saturated heterocycles. The molecule has 0 amide bonds. The van der Waals surface area contributed by atoms with Crippen LogP contribution in [0.15, 0.2) is 24.3 Å². The number of hydrogen-bond donors (Lipinski definition) is 1. The van der Waals surface area contributed by atoms with Crippen molar-refractivity contribution in [1.29, 1.82) is 0 Å². The van der Waals surface area contributed by atoms with E-state index >= 15 is 0 Å². The first-order valence-corrected chi connectivity index (χ1v) is 7.01. The van der Waals surface area contributed by atoms with Gasteiger partial charge in [0.05, 0.1) is 6.42 Å². The lowest BCUT2D eigenvalue weighted by atomic mass is 9.90. The Kier molecular flexibility index (Phi) is 4.42. The molecular weight excluding hydrogens is 273 g/mol. The number of hydrogen-bond acceptors (Lipinski definition) is 3. The van der Waals surface area contributed by atoms with E-state index in [1.54, 1.807) is 6.07 Å². The van der Waals surface area contributed by atoms with E-state index in [2.05, 4.69) is 0 Å². The van der Waals surface area contributed by atoms with Gasteiger partial charge in [-0.1, -0.05) is 12.1 Å². The lowest BCUT2D eigenvalue weighted by Crippen LogP contribution is -2.44. The Morgan fingerprint density at radius 3 is 2.76 bits per heavy atom. The summed E-state index contributed by atoms with van der Waals surface area (Å²) in [6.45, 7) is 4.78. The molecule has 1 aromatic rings. The van der Waals surface area contributed by atoms with Gasteiger partial charge in [-0.15, -0.1) is 0 Å². The van der Waals surface area contributed by atoms with Gasteiger partial charge < -0.3 is 9.90 Å². The van der Waals surface area contributed by atoms with Crippen molar-refractivity contribution in [3.63, 3.8) is 0 Å². The van der Waals surface area contributed by atoms with Crippen LogP contribution in [0, 0.1) is 11.7 Å². The highest BCUT2D eigenvalue weighted by Crippen LogP contribution is 2.36. The third-order valence-corrected chi connectivity index (χ3v) is 4.26. The van der Waals surface area contributed by atoms with Crippen molar-refractivity contribution in [2.24, 2.45) is 5.92 Å². The summed E-state index contributed by atoms with van der Waals surface area (Å²) in [7, 11) is 0. The molecule has 1 heterocycles. The van der Waals surface area contributed by atoms with Gasteiger partial charge in [0, 0.05) is 30.5 Å². The molecule has 0 aromatic heterocycles. The van der Waals surface area contributed by atoms with Gasteiger partial charge in [-0.3, -0.25) is 9.69 Å². The van der Waals surface area contributed by atoms with Crippen LogP contribution in [-0.4, -0.2) is 40.9 Å². The van der Waals surface area contributed by atoms with Crippen LogP contribution in [0.4, 0.5) is 4.39 Å². The van der Waals surface area contributed by atoms with E-state index in [1.807, 2.05) is 24.8 Å². The third kappa shape index (κ3) is 3.47. The number of likely N-dealkylation sites (tertiary alicyclic amines) is 1. The number of carboxylic acid groups (broad SMARTS) is 1. The fraction of sp³-hybridized carbons (Fsp3) is 0.500. The number of carboxylic acids is 1. The average Bonchev–Trinajstić information content (AvgIpc) is 2.82. The molecule has 5 heteroatoms. The van der Waals surface area contributed by atoms with Crippen LogP contribution < -0.4 is 0 Å². The monoisotopic (exact) mass is 293 g/mol. The number of benzene rings is 1. The van der Waals surface area contributed by atoms with Crippen LogP contribution in [0.2, 0.25) is 0 Å². The fourth-order valence-corrected chi connectivity index (χ4v) is 3.03. The Hall–Kier alpha value is -1.75. The minimum atomic E-state index is -0.864. The topological polar surface area (TPSA) is 57.6 Å². The zero-order valence-electron chi connectivity index (χ0n) is 12.3. The number of aliphatic carboxylic acids is 1. The second kappa shape index (κ2) is 5.93. The molecule has 1 aromatic carbocycles. The molecule has 2 atom stereocenters. The molecule has 114 valence electrons. The predicted molar refractivity (Wildman–Crippen MR) is 76.6 cm³/mol. The summed E-state index contributed by atoms with van der Waals surface area (Å²) in [5.41, 5.74) is 0.260. The molecule has 21 heavy (non-hydrogen) atoms. The van der Waals surface area contributed by atoms with Crippen molar-refractivity contribution in [1.82, 2.24) is 4.90 Å². The molecule has 0 bridgehead atoms. The van der Waals surface area contributed by atoms with Crippen LogP contribution >= 0.6 is 0 Å². The third-order valence-electron chi connectivity index (χ3n) is 4.26. The summed E-state index contributed by atoms with van der Waals surface area (Å²) in [5, 5.41) is 9.01. The molecule has 0 saturated carbocycles. The van der Waals surface area contributed by atoms with E-state index in [1.165, 1.54) is 12.1 Å². The van der Waals surface area contributed by atoms with E-state index in [-0.39, 0.29) is 24.1 Å². The first-order valence-electron chi connectivity index (χ1n) is 7.01. The number of carbonyl (C=O) groups is 2. The Morgan fingerprint density at radius 2 is 2.19 bits per heavy atom. The van der Waals surface area contributed by atoms with Crippen LogP contribution in [0.5, 0.6) is 0 Å². The van der Waals surface area contributed by atoms with Gasteiger partial charge in [-0.25, -0.2) is 4.39 Å². The Bertz CT molecular complexity index is 544. The zero-order valence-corrected chi connectivity index (χ0v) is 12.3. The molecule has 4 nitrogen and oxygen atoms in total. The van der Waals surface area contributed by atoms with Crippen molar-refractivity contribution in [2.75, 3.05) is 13.1 Å². The van der Waals surface area contributed by atoms with E-state index in [0.29, 0.717) is 13.1 Å². The summed E-state index contributed by atoms with van der Waals surface area (Å²) >= 11 is 0. The summed E-state index contributed by atoms with van der Waals surface area (Å²) in [6.07, 6.45) is 0.904. The van der Waals surface area contributed by atoms with Gasteiger partial charge in [-0.05, 0) is 31.5 Å². The SMILES string of the molecule is CC(C)(CC(=O)O)N1CC(C=O)C(c2cccc(F)c2)C1. The number of aldehydes is 1. The minimum Gasteiger partial charge on any atom is -0.481 e. The van der Waals surface area contributed by atoms with Crippen LogP contribution in [-0.2, 0) is 9.59 Å². The van der Waals surface area contributed by atoms with Gasteiger partial charge in [0.2, 0.25) is 0 Å². The molecule has 2 unspecified atom stereocenters. The Balaban J connectivity index is 2.21. The fourth-order valence-electron chi connectivity index (χ4n) is 3.03. The van der Waals surface area contributed by atoms with Crippen LogP contribution in [0.3, 0.4) is 0 Å². The lowest BCUT2D eigenvalue weighted by molar-refractivity contribution is -0.139. The summed E-state index contributed by atoms with van der Waals surface area (Å²) in [6, 6.07) is 6.28. The molecule has 1 fully saturated rings. The molecular formula is C16H20FNO3. The van der Waals surface area contributed by atoms with Crippen molar-refractivity contribution in [3.8, 4) is 0 Å². The maximum atomic E-state index is 13.4. The number of carbonyl (C=O) groups excluding carboxylic acids is 1. The maximum Gasteiger partial charge on any atom is 0.305 e. The summed E-state index contributed by atoms with van der Waals surface area (Å²) in [5.74, 6) is -1.51. The maximum absolute atomic E-state index is 13.4. The lowest BCUT2D eigenvalue weighted by Gasteiger charge is -2.34. The van der Waals surface area contributed by atoms with E-state index < -0.39 is 11.5 Å². The quantitative estimate of drug-likeness (QED) is 0.846. The largest absolute Gasteiger partial charge is 0.481 e. The summed E-state index contributed by atoms with van der Waals surface area (Å²) in [4.78, 5) is 24.3. The summed E-state index contributed by atoms with van der Waals surface area (Å²) < 4.78 is 13.4. The minimum absolute atomic E-state index is 0.00838. The van der Waals surface area contributed by atoms with Crippen LogP contribution in [0.1, 0.15) is 31.7 Å². The van der Waals surface area contributed by atoms with Gasteiger partial charge in [0.1, 0.15) is 12.1 Å². The standard InChI is InChI=1S/C16H20FNO3/c1-16(2,7-15(20)21)18-8-12(10-19)14(9-18)11-4-3-5-13(17)6-11/h3-6,10,12,14H,7-9H2,1-2H3,(H,20,21). The van der Waals surface area contributed by atoms with Crippen molar-refractivity contribution in [2.45, 2.75) is 31.7 Å². The molecule has 1 aliphatic rings. The normalized spacial score (nSPS) is 23.2. The van der Waals surface area contributed by atoms with E-state index in [9.17, 15) is 14.0 Å². The Morgan fingerprint density at radius 1 is 1.48 bits per heavy atom. The predicted octanol–water partition coefficient (Wildman–Crippen LogP) is 2.29. The van der Waals surface area contributed by atoms with Gasteiger partial charge in [-0.2, -0.15) is 0 Å². The number of rotatable bonds is 5. The molecule has 0 radical (unpaired) electrons. The van der Waals surface area contributed by atoms with E-state index in [0.717, 1.165) is 11.8 Å². The van der Waals surface area contributed by atoms with Gasteiger partial charge >= 0.3 is 5.97 Å². The molecule has 2 rings (SSSR count). The molecule has 1 aliphatic heterocycles. The zero-order chi connectivity index (χ0) is 15.6. The first-order chi connectivity index (χ1) is 9.83.